The molecule has 4 N–H and O–H groups in total. The highest BCUT2D eigenvalue weighted by Gasteiger charge is 2.20. The van der Waals surface area contributed by atoms with Crippen LogP contribution in [0.1, 0.15) is 41.6 Å². The van der Waals surface area contributed by atoms with E-state index in [0.29, 0.717) is 18.3 Å². The molecule has 1 amide bonds. The van der Waals surface area contributed by atoms with Crippen molar-refractivity contribution >= 4 is 11.9 Å². The van der Waals surface area contributed by atoms with Crippen LogP contribution in [0.15, 0.2) is 51.9 Å². The molecule has 0 spiro atoms. The highest BCUT2D eigenvalue weighted by Crippen LogP contribution is 2.14. The van der Waals surface area contributed by atoms with Crippen molar-refractivity contribution in [2.24, 2.45) is 10.7 Å². The van der Waals surface area contributed by atoms with E-state index >= 15 is 0 Å². The Labute approximate surface area is 166 Å². The smallest absolute Gasteiger partial charge is 0.284 e. The Morgan fingerprint density at radius 3 is 2.61 bits per heavy atom. The minimum absolute atomic E-state index is 0.161. The van der Waals surface area contributed by atoms with E-state index in [1.165, 1.54) is 5.56 Å². The fourth-order valence-corrected chi connectivity index (χ4v) is 3.34. The molecular formula is C21H29N5O2. The standard InChI is InChI=1S/C21H29N5O2/c1-2-23-21(24-14-18-8-9-19(28-18)20(22)27)25-17-10-12-26(13-11-17)15-16-6-4-3-5-7-16/h3-9,17H,2,10-15H2,1H3,(H2,22,27)(H2,23,24,25). The van der Waals surface area contributed by atoms with Gasteiger partial charge in [0.1, 0.15) is 12.3 Å². The third-order valence-electron chi connectivity index (χ3n) is 4.82. The fourth-order valence-electron chi connectivity index (χ4n) is 3.34. The van der Waals surface area contributed by atoms with Crippen LogP contribution in [0.5, 0.6) is 0 Å². The summed E-state index contributed by atoms with van der Waals surface area (Å²) in [6, 6.07) is 14.3. The van der Waals surface area contributed by atoms with Gasteiger partial charge in [-0.15, -0.1) is 0 Å². The number of hydrogen-bond donors (Lipinski definition) is 3. The molecule has 1 fully saturated rings. The van der Waals surface area contributed by atoms with Gasteiger partial charge >= 0.3 is 0 Å². The molecule has 0 saturated carbocycles. The summed E-state index contributed by atoms with van der Waals surface area (Å²) in [6.07, 6.45) is 2.15. The zero-order valence-corrected chi connectivity index (χ0v) is 16.4. The van der Waals surface area contributed by atoms with Gasteiger partial charge in [0, 0.05) is 32.2 Å². The van der Waals surface area contributed by atoms with Gasteiger partial charge < -0.3 is 20.8 Å². The molecule has 0 radical (unpaired) electrons. The average Bonchev–Trinajstić information content (AvgIpc) is 3.18. The van der Waals surface area contributed by atoms with Crippen LogP contribution in [0.25, 0.3) is 0 Å². The maximum atomic E-state index is 11.1. The second-order valence-electron chi connectivity index (χ2n) is 7.01. The summed E-state index contributed by atoms with van der Waals surface area (Å²) >= 11 is 0. The van der Waals surface area contributed by atoms with Gasteiger partial charge in [-0.3, -0.25) is 9.69 Å². The maximum absolute atomic E-state index is 11.1. The number of furan rings is 1. The SMILES string of the molecule is CCNC(=NCc1ccc(C(N)=O)o1)NC1CCN(Cc2ccccc2)CC1. The van der Waals surface area contributed by atoms with E-state index in [1.54, 1.807) is 12.1 Å². The van der Waals surface area contributed by atoms with Crippen LogP contribution < -0.4 is 16.4 Å². The molecule has 1 saturated heterocycles. The van der Waals surface area contributed by atoms with Crippen molar-refractivity contribution in [3.05, 3.63) is 59.5 Å². The second-order valence-corrected chi connectivity index (χ2v) is 7.01. The molecule has 150 valence electrons. The first-order chi connectivity index (χ1) is 13.6. The Morgan fingerprint density at radius 1 is 1.21 bits per heavy atom. The number of primary amides is 1. The lowest BCUT2D eigenvalue weighted by Crippen LogP contribution is -2.48. The Balaban J connectivity index is 1.49. The number of amides is 1. The van der Waals surface area contributed by atoms with Gasteiger partial charge in [0.2, 0.25) is 0 Å². The number of hydrogen-bond acceptors (Lipinski definition) is 4. The third-order valence-corrected chi connectivity index (χ3v) is 4.82. The topological polar surface area (TPSA) is 95.9 Å². The summed E-state index contributed by atoms with van der Waals surface area (Å²) in [4.78, 5) is 18.2. The molecule has 2 heterocycles. The fraction of sp³-hybridized carbons (Fsp3) is 0.429. The van der Waals surface area contributed by atoms with E-state index in [4.69, 9.17) is 10.2 Å². The quantitative estimate of drug-likeness (QED) is 0.503. The Morgan fingerprint density at radius 2 is 1.96 bits per heavy atom. The molecule has 2 aromatic rings. The molecule has 1 aliphatic heterocycles. The summed E-state index contributed by atoms with van der Waals surface area (Å²) in [7, 11) is 0. The highest BCUT2D eigenvalue weighted by molar-refractivity contribution is 5.89. The van der Waals surface area contributed by atoms with E-state index in [9.17, 15) is 4.79 Å². The molecule has 0 aliphatic carbocycles. The molecule has 0 atom stereocenters. The summed E-state index contributed by atoms with van der Waals surface area (Å²) < 4.78 is 5.39. The van der Waals surface area contributed by atoms with Crippen molar-refractivity contribution in [2.45, 2.75) is 38.9 Å². The zero-order chi connectivity index (χ0) is 19.8. The van der Waals surface area contributed by atoms with Crippen LogP contribution in [0.4, 0.5) is 0 Å². The van der Waals surface area contributed by atoms with E-state index < -0.39 is 5.91 Å². The van der Waals surface area contributed by atoms with Gasteiger partial charge in [0.15, 0.2) is 11.7 Å². The maximum Gasteiger partial charge on any atom is 0.284 e. The number of nitrogens with zero attached hydrogens (tertiary/aromatic N) is 2. The van der Waals surface area contributed by atoms with Gasteiger partial charge in [-0.05, 0) is 37.5 Å². The van der Waals surface area contributed by atoms with Crippen molar-refractivity contribution in [1.29, 1.82) is 0 Å². The van der Waals surface area contributed by atoms with Gasteiger partial charge in [0.25, 0.3) is 5.91 Å². The van der Waals surface area contributed by atoms with Crippen molar-refractivity contribution in [2.75, 3.05) is 19.6 Å². The van der Waals surface area contributed by atoms with Crippen LogP contribution >= 0.6 is 0 Å². The number of carbonyl (C=O) groups is 1. The Kier molecular flexibility index (Phi) is 7.08. The first kappa shape index (κ1) is 19.9. The van der Waals surface area contributed by atoms with Crippen LogP contribution in [0.3, 0.4) is 0 Å². The van der Waals surface area contributed by atoms with Crippen LogP contribution in [-0.2, 0) is 13.1 Å². The summed E-state index contributed by atoms with van der Waals surface area (Å²) in [5.74, 6) is 0.973. The number of piperidine rings is 1. The molecular weight excluding hydrogens is 354 g/mol. The number of aliphatic imine (C=N–C) groups is 1. The predicted molar refractivity (Wildman–Crippen MR) is 110 cm³/mol. The average molecular weight is 383 g/mol. The molecule has 0 bridgehead atoms. The first-order valence-corrected chi connectivity index (χ1v) is 9.83. The largest absolute Gasteiger partial charge is 0.454 e. The summed E-state index contributed by atoms with van der Waals surface area (Å²) in [6.45, 7) is 6.30. The Bertz CT molecular complexity index is 779. The molecule has 28 heavy (non-hydrogen) atoms. The molecule has 7 nitrogen and oxygen atoms in total. The number of likely N-dealkylation sites (tertiary alicyclic amines) is 1. The number of rotatable bonds is 7. The minimum Gasteiger partial charge on any atom is -0.454 e. The lowest BCUT2D eigenvalue weighted by Gasteiger charge is -2.33. The summed E-state index contributed by atoms with van der Waals surface area (Å²) in [5, 5.41) is 6.79. The molecule has 1 aromatic carbocycles. The number of guanidine groups is 1. The zero-order valence-electron chi connectivity index (χ0n) is 16.4. The van der Waals surface area contributed by atoms with Crippen molar-refractivity contribution < 1.29 is 9.21 Å². The van der Waals surface area contributed by atoms with Gasteiger partial charge in [0.05, 0.1) is 0 Å². The predicted octanol–water partition coefficient (Wildman–Crippen LogP) is 2.10. The second kappa shape index (κ2) is 9.94. The van der Waals surface area contributed by atoms with Gasteiger partial charge in [-0.1, -0.05) is 30.3 Å². The van der Waals surface area contributed by atoms with Gasteiger partial charge in [-0.25, -0.2) is 4.99 Å². The molecule has 0 unspecified atom stereocenters. The van der Waals surface area contributed by atoms with E-state index in [2.05, 4.69) is 50.9 Å². The van der Waals surface area contributed by atoms with Crippen molar-refractivity contribution in [3.8, 4) is 0 Å². The van der Waals surface area contributed by atoms with Crippen molar-refractivity contribution in [1.82, 2.24) is 15.5 Å². The lowest BCUT2D eigenvalue weighted by molar-refractivity contribution is 0.0972. The van der Waals surface area contributed by atoms with Crippen molar-refractivity contribution in [3.63, 3.8) is 0 Å². The van der Waals surface area contributed by atoms with Gasteiger partial charge in [-0.2, -0.15) is 0 Å². The van der Waals surface area contributed by atoms with Crippen LogP contribution in [-0.4, -0.2) is 42.4 Å². The monoisotopic (exact) mass is 383 g/mol. The minimum atomic E-state index is -0.567. The molecule has 7 heteroatoms. The van der Waals surface area contributed by atoms with E-state index in [-0.39, 0.29) is 5.76 Å². The van der Waals surface area contributed by atoms with E-state index in [0.717, 1.165) is 45.0 Å². The third kappa shape index (κ3) is 5.85. The lowest BCUT2D eigenvalue weighted by atomic mass is 10.0. The highest BCUT2D eigenvalue weighted by atomic mass is 16.3. The van der Waals surface area contributed by atoms with Crippen LogP contribution in [0, 0.1) is 0 Å². The molecule has 1 aliphatic rings. The Hall–Kier alpha value is -2.80. The molecule has 3 rings (SSSR count). The first-order valence-electron chi connectivity index (χ1n) is 9.83. The summed E-state index contributed by atoms with van der Waals surface area (Å²) in [5.41, 5.74) is 6.58. The number of carbonyl (C=O) groups excluding carboxylic acids is 1. The number of benzene rings is 1. The van der Waals surface area contributed by atoms with Crippen LogP contribution in [0.2, 0.25) is 0 Å². The normalized spacial score (nSPS) is 16.1. The molecule has 1 aromatic heterocycles. The van der Waals surface area contributed by atoms with E-state index in [1.807, 2.05) is 6.92 Å². The number of nitrogens with one attached hydrogen (secondary N) is 2. The number of nitrogens with two attached hydrogens (primary N) is 1.